The molecule has 1 saturated heterocycles. The zero-order chi connectivity index (χ0) is 9.52. The minimum atomic E-state index is -0.396. The van der Waals surface area contributed by atoms with Gasteiger partial charge < -0.3 is 14.7 Å². The van der Waals surface area contributed by atoms with Crippen LogP contribution in [0.1, 0.15) is 12.8 Å². The lowest BCUT2D eigenvalue weighted by atomic mass is 10.3. The summed E-state index contributed by atoms with van der Waals surface area (Å²) in [6, 6.07) is 0. The highest BCUT2D eigenvalue weighted by molar-refractivity contribution is 4.75. The van der Waals surface area contributed by atoms with Gasteiger partial charge in [-0.2, -0.15) is 0 Å². The number of aliphatic hydroxyl groups is 1. The zero-order valence-electron chi connectivity index (χ0n) is 7.91. The van der Waals surface area contributed by atoms with E-state index in [4.69, 9.17) is 9.84 Å². The minimum Gasteiger partial charge on any atom is -0.396 e. The molecule has 3 nitrogen and oxygen atoms in total. The van der Waals surface area contributed by atoms with E-state index in [0.717, 1.165) is 32.5 Å². The molecule has 1 aliphatic heterocycles. The van der Waals surface area contributed by atoms with Crippen LogP contribution in [0.3, 0.4) is 0 Å². The predicted molar refractivity (Wildman–Crippen MR) is 48.5 cm³/mol. The van der Waals surface area contributed by atoms with Crippen LogP contribution in [0.2, 0.25) is 0 Å². The Hall–Kier alpha value is -0.190. The van der Waals surface area contributed by atoms with Gasteiger partial charge in [0, 0.05) is 26.2 Å². The second-order valence-electron chi connectivity index (χ2n) is 3.35. The maximum absolute atomic E-state index is 11.8. The Bertz CT molecular complexity index is 121. The molecule has 1 atom stereocenters. The second-order valence-corrected chi connectivity index (χ2v) is 3.35. The molecule has 13 heavy (non-hydrogen) atoms. The van der Waals surface area contributed by atoms with Gasteiger partial charge in [-0.1, -0.05) is 0 Å². The van der Waals surface area contributed by atoms with E-state index in [1.165, 1.54) is 0 Å². The highest BCUT2D eigenvalue weighted by Crippen LogP contribution is 2.12. The van der Waals surface area contributed by atoms with Gasteiger partial charge >= 0.3 is 0 Å². The van der Waals surface area contributed by atoms with Gasteiger partial charge in [-0.3, -0.25) is 0 Å². The average molecular weight is 191 g/mol. The van der Waals surface area contributed by atoms with E-state index in [9.17, 15) is 4.39 Å². The van der Waals surface area contributed by atoms with Crippen LogP contribution in [-0.2, 0) is 4.74 Å². The first kappa shape index (κ1) is 10.9. The Morgan fingerprint density at radius 2 is 2.38 bits per heavy atom. The molecule has 0 amide bonds. The van der Waals surface area contributed by atoms with Gasteiger partial charge in [0.25, 0.3) is 0 Å². The van der Waals surface area contributed by atoms with Crippen LogP contribution in [0, 0.1) is 0 Å². The molecule has 0 spiro atoms. The summed E-state index contributed by atoms with van der Waals surface area (Å²) in [7, 11) is 0. The molecule has 0 bridgehead atoms. The van der Waals surface area contributed by atoms with Crippen molar-refractivity contribution >= 4 is 0 Å². The van der Waals surface area contributed by atoms with Gasteiger partial charge in [-0.15, -0.1) is 0 Å². The monoisotopic (exact) mass is 191 g/mol. The summed E-state index contributed by atoms with van der Waals surface area (Å²) >= 11 is 0. The number of hydrogen-bond donors (Lipinski definition) is 1. The van der Waals surface area contributed by atoms with Crippen molar-refractivity contribution in [3.05, 3.63) is 0 Å². The standard InChI is InChI=1S/C9H18FNO2/c10-3-7-13-9-2-5-11(8-9)4-1-6-12/h9,12H,1-8H2. The molecule has 0 saturated carbocycles. The minimum absolute atomic E-state index is 0.203. The van der Waals surface area contributed by atoms with Crippen molar-refractivity contribution < 1.29 is 14.2 Å². The van der Waals surface area contributed by atoms with E-state index in [-0.39, 0.29) is 19.3 Å². The fourth-order valence-electron chi connectivity index (χ4n) is 1.64. The summed E-state index contributed by atoms with van der Waals surface area (Å²) in [5.41, 5.74) is 0. The Labute approximate surface area is 78.5 Å². The van der Waals surface area contributed by atoms with E-state index in [0.29, 0.717) is 0 Å². The molecule has 0 aromatic carbocycles. The maximum atomic E-state index is 11.8. The van der Waals surface area contributed by atoms with E-state index in [1.807, 2.05) is 0 Å². The Morgan fingerprint density at radius 1 is 1.54 bits per heavy atom. The number of nitrogens with zero attached hydrogens (tertiary/aromatic N) is 1. The van der Waals surface area contributed by atoms with Gasteiger partial charge in [0.1, 0.15) is 6.67 Å². The van der Waals surface area contributed by atoms with E-state index in [2.05, 4.69) is 4.90 Å². The highest BCUT2D eigenvalue weighted by Gasteiger charge is 2.21. The number of aliphatic hydroxyl groups excluding tert-OH is 1. The quantitative estimate of drug-likeness (QED) is 0.661. The molecule has 0 aliphatic carbocycles. The Balaban J connectivity index is 2.05. The summed E-state index contributed by atoms with van der Waals surface area (Å²) in [5, 5.41) is 8.63. The maximum Gasteiger partial charge on any atom is 0.113 e. The topological polar surface area (TPSA) is 32.7 Å². The Morgan fingerprint density at radius 3 is 3.08 bits per heavy atom. The van der Waals surface area contributed by atoms with Crippen molar-refractivity contribution in [2.75, 3.05) is 39.5 Å². The third-order valence-corrected chi connectivity index (χ3v) is 2.29. The molecular formula is C9H18FNO2. The number of hydrogen-bond acceptors (Lipinski definition) is 3. The first-order valence-corrected chi connectivity index (χ1v) is 4.87. The molecule has 4 heteroatoms. The van der Waals surface area contributed by atoms with Crippen molar-refractivity contribution in [2.24, 2.45) is 0 Å². The molecule has 0 aromatic rings. The molecule has 1 aliphatic rings. The van der Waals surface area contributed by atoms with E-state index < -0.39 is 6.67 Å². The molecule has 1 rings (SSSR count). The van der Waals surface area contributed by atoms with Crippen molar-refractivity contribution in [3.8, 4) is 0 Å². The van der Waals surface area contributed by atoms with Crippen LogP contribution in [0.5, 0.6) is 0 Å². The SMILES string of the molecule is OCCCN1CCC(OCCF)C1. The summed E-state index contributed by atoms with van der Waals surface area (Å²) < 4.78 is 17.1. The number of likely N-dealkylation sites (tertiary alicyclic amines) is 1. The summed E-state index contributed by atoms with van der Waals surface area (Å²) in [6.07, 6.45) is 2.01. The fourth-order valence-corrected chi connectivity index (χ4v) is 1.64. The van der Waals surface area contributed by atoms with Gasteiger partial charge in [0.05, 0.1) is 12.7 Å². The van der Waals surface area contributed by atoms with Crippen molar-refractivity contribution in [1.29, 1.82) is 0 Å². The van der Waals surface area contributed by atoms with Crippen LogP contribution in [0.4, 0.5) is 4.39 Å². The average Bonchev–Trinajstić information content (AvgIpc) is 2.59. The van der Waals surface area contributed by atoms with Crippen LogP contribution in [0.25, 0.3) is 0 Å². The summed E-state index contributed by atoms with van der Waals surface area (Å²) in [6.45, 7) is 2.89. The molecule has 1 unspecified atom stereocenters. The van der Waals surface area contributed by atoms with Crippen LogP contribution < -0.4 is 0 Å². The number of ether oxygens (including phenoxy) is 1. The van der Waals surface area contributed by atoms with E-state index >= 15 is 0 Å². The highest BCUT2D eigenvalue weighted by atomic mass is 19.1. The smallest absolute Gasteiger partial charge is 0.113 e. The summed E-state index contributed by atoms with van der Waals surface area (Å²) in [4.78, 5) is 2.25. The fraction of sp³-hybridized carbons (Fsp3) is 1.00. The second kappa shape index (κ2) is 6.29. The van der Waals surface area contributed by atoms with Crippen LogP contribution in [0.15, 0.2) is 0 Å². The van der Waals surface area contributed by atoms with Gasteiger partial charge in [-0.25, -0.2) is 4.39 Å². The molecule has 78 valence electrons. The number of rotatable bonds is 6. The molecule has 0 aromatic heterocycles. The first-order valence-electron chi connectivity index (χ1n) is 4.87. The largest absolute Gasteiger partial charge is 0.396 e. The predicted octanol–water partition coefficient (Wildman–Crippen LogP) is 0.429. The van der Waals surface area contributed by atoms with Crippen molar-refractivity contribution in [3.63, 3.8) is 0 Å². The molecule has 1 N–H and O–H groups in total. The lowest BCUT2D eigenvalue weighted by Crippen LogP contribution is -2.25. The number of halogens is 1. The lowest BCUT2D eigenvalue weighted by molar-refractivity contribution is 0.0497. The van der Waals surface area contributed by atoms with E-state index in [1.54, 1.807) is 0 Å². The van der Waals surface area contributed by atoms with Crippen LogP contribution >= 0.6 is 0 Å². The lowest BCUT2D eigenvalue weighted by Gasteiger charge is -2.14. The van der Waals surface area contributed by atoms with Crippen LogP contribution in [-0.4, -0.2) is 55.6 Å². The van der Waals surface area contributed by atoms with Gasteiger partial charge in [-0.05, 0) is 12.8 Å². The van der Waals surface area contributed by atoms with Crippen molar-refractivity contribution in [1.82, 2.24) is 4.90 Å². The molecule has 1 heterocycles. The first-order chi connectivity index (χ1) is 6.36. The third-order valence-electron chi connectivity index (χ3n) is 2.29. The number of alkyl halides is 1. The van der Waals surface area contributed by atoms with Gasteiger partial charge in [0.15, 0.2) is 0 Å². The Kier molecular flexibility index (Phi) is 5.27. The van der Waals surface area contributed by atoms with Crippen molar-refractivity contribution in [2.45, 2.75) is 18.9 Å². The molecular weight excluding hydrogens is 173 g/mol. The molecule has 1 fully saturated rings. The van der Waals surface area contributed by atoms with Gasteiger partial charge in [0.2, 0.25) is 0 Å². The normalized spacial score (nSPS) is 24.0. The zero-order valence-corrected chi connectivity index (χ0v) is 7.91. The summed E-state index contributed by atoms with van der Waals surface area (Å²) in [5.74, 6) is 0. The molecule has 0 radical (unpaired) electrons. The third kappa shape index (κ3) is 4.02.